The van der Waals surface area contributed by atoms with Crippen LogP contribution in [0.3, 0.4) is 0 Å². The number of rotatable bonds is 12. The Morgan fingerprint density at radius 2 is 1.54 bits per heavy atom. The molecule has 5 rings (SSSR count). The molecule has 0 bridgehead atoms. The van der Waals surface area contributed by atoms with Gasteiger partial charge in [-0.3, -0.25) is 14.4 Å². The molecule has 232 valence electrons. The lowest BCUT2D eigenvalue weighted by molar-refractivity contribution is -0.116. The summed E-state index contributed by atoms with van der Waals surface area (Å²) in [6.45, 7) is 0. The highest BCUT2D eigenvalue weighted by Crippen LogP contribution is 2.38. The van der Waals surface area contributed by atoms with Crippen molar-refractivity contribution in [2.24, 2.45) is 0 Å². The van der Waals surface area contributed by atoms with Crippen molar-refractivity contribution < 1.29 is 23.9 Å². The number of nitrogens with one attached hydrogen (secondary N) is 3. The maximum absolute atomic E-state index is 13.8. The highest BCUT2D eigenvalue weighted by molar-refractivity contribution is 8.00. The summed E-state index contributed by atoms with van der Waals surface area (Å²) in [5.41, 5.74) is 2.32. The van der Waals surface area contributed by atoms with Crippen LogP contribution < -0.4 is 25.4 Å². The van der Waals surface area contributed by atoms with E-state index in [-0.39, 0.29) is 11.6 Å². The Morgan fingerprint density at radius 3 is 2.24 bits per heavy atom. The molecular weight excluding hydrogens is 619 g/mol. The molecule has 5 aromatic rings. The second kappa shape index (κ2) is 15.6. The smallest absolute Gasteiger partial charge is 0.272 e. The first-order valence-electron chi connectivity index (χ1n) is 14.2. The first kappa shape index (κ1) is 32.1. The summed E-state index contributed by atoms with van der Waals surface area (Å²) in [5.74, 6) is -0.0612. The Hall–Kier alpha value is -5.32. The van der Waals surface area contributed by atoms with E-state index in [1.54, 1.807) is 73.8 Å². The van der Waals surface area contributed by atoms with Crippen molar-refractivity contribution >= 4 is 58.3 Å². The molecule has 0 aliphatic carbocycles. The van der Waals surface area contributed by atoms with Crippen molar-refractivity contribution in [2.45, 2.75) is 10.1 Å². The van der Waals surface area contributed by atoms with Crippen molar-refractivity contribution in [2.75, 3.05) is 24.9 Å². The van der Waals surface area contributed by atoms with Gasteiger partial charge in [0.15, 0.2) is 0 Å². The Kier molecular flexibility index (Phi) is 10.9. The number of methoxy groups -OCH3 is 2. The molecule has 0 radical (unpaired) electrons. The number of benzene rings is 4. The fraction of sp³-hybridized carbons (Fsp3) is 0.0833. The summed E-state index contributed by atoms with van der Waals surface area (Å²) in [5, 5.41) is 9.90. The van der Waals surface area contributed by atoms with Crippen LogP contribution in [-0.2, 0) is 9.59 Å². The zero-order valence-corrected chi connectivity index (χ0v) is 26.7. The molecular formula is C36H31N3O5S2. The van der Waals surface area contributed by atoms with E-state index in [1.807, 2.05) is 60.0 Å². The summed E-state index contributed by atoms with van der Waals surface area (Å²) < 4.78 is 10.8. The van der Waals surface area contributed by atoms with Gasteiger partial charge in [-0.05, 0) is 65.6 Å². The van der Waals surface area contributed by atoms with Gasteiger partial charge in [0.25, 0.3) is 11.8 Å². The minimum atomic E-state index is -0.637. The van der Waals surface area contributed by atoms with Crippen LogP contribution in [-0.4, -0.2) is 31.9 Å². The third-order valence-electron chi connectivity index (χ3n) is 6.71. The topological polar surface area (TPSA) is 106 Å². The fourth-order valence-corrected chi connectivity index (χ4v) is 6.19. The van der Waals surface area contributed by atoms with Crippen LogP contribution in [0.25, 0.3) is 6.08 Å². The predicted molar refractivity (Wildman–Crippen MR) is 184 cm³/mol. The van der Waals surface area contributed by atoms with Crippen LogP contribution in [0.1, 0.15) is 26.0 Å². The van der Waals surface area contributed by atoms with E-state index in [4.69, 9.17) is 9.47 Å². The van der Waals surface area contributed by atoms with Gasteiger partial charge in [-0.1, -0.05) is 60.7 Å². The van der Waals surface area contributed by atoms with E-state index >= 15 is 0 Å². The second-order valence-corrected chi connectivity index (χ2v) is 12.0. The number of ether oxygens (including phenoxy) is 2. The van der Waals surface area contributed by atoms with Crippen molar-refractivity contribution in [1.82, 2.24) is 5.32 Å². The van der Waals surface area contributed by atoms with Crippen LogP contribution in [0.2, 0.25) is 0 Å². The molecule has 8 nitrogen and oxygen atoms in total. The zero-order chi connectivity index (χ0) is 32.3. The SMILES string of the molecule is COc1ccc(OC)c(NC(=O)C(Sc2cccc(NC(=O)/C(=C/c3cccs3)NC(=O)c3ccccc3)c2)c2ccccc2)c1. The van der Waals surface area contributed by atoms with Crippen LogP contribution in [0.5, 0.6) is 11.5 Å². The fourth-order valence-electron chi connectivity index (χ4n) is 4.45. The summed E-state index contributed by atoms with van der Waals surface area (Å²) in [4.78, 5) is 41.8. The summed E-state index contributed by atoms with van der Waals surface area (Å²) in [6.07, 6.45) is 1.64. The summed E-state index contributed by atoms with van der Waals surface area (Å²) in [7, 11) is 3.09. The number of carbonyl (C=O) groups is 3. The Labute approximate surface area is 275 Å². The zero-order valence-electron chi connectivity index (χ0n) is 25.1. The van der Waals surface area contributed by atoms with Crippen LogP contribution in [0.4, 0.5) is 11.4 Å². The van der Waals surface area contributed by atoms with E-state index in [0.717, 1.165) is 15.3 Å². The third-order valence-corrected chi connectivity index (χ3v) is 8.78. The third kappa shape index (κ3) is 8.44. The van der Waals surface area contributed by atoms with E-state index in [9.17, 15) is 14.4 Å². The van der Waals surface area contributed by atoms with Gasteiger partial charge in [-0.15, -0.1) is 23.1 Å². The largest absolute Gasteiger partial charge is 0.497 e. The van der Waals surface area contributed by atoms with E-state index in [1.165, 1.54) is 30.2 Å². The molecule has 0 aliphatic rings. The molecule has 0 spiro atoms. The van der Waals surface area contributed by atoms with Gasteiger partial charge in [-0.2, -0.15) is 0 Å². The minimum absolute atomic E-state index is 0.100. The van der Waals surface area contributed by atoms with Gasteiger partial charge in [0, 0.05) is 27.1 Å². The Balaban J connectivity index is 1.37. The maximum atomic E-state index is 13.8. The quantitative estimate of drug-likeness (QED) is 0.0948. The maximum Gasteiger partial charge on any atom is 0.272 e. The molecule has 1 unspecified atom stereocenters. The molecule has 1 atom stereocenters. The highest BCUT2D eigenvalue weighted by atomic mass is 32.2. The van der Waals surface area contributed by atoms with Crippen LogP contribution in [0, 0.1) is 0 Å². The van der Waals surface area contributed by atoms with Gasteiger partial charge >= 0.3 is 0 Å². The lowest BCUT2D eigenvalue weighted by atomic mass is 10.1. The lowest BCUT2D eigenvalue weighted by Crippen LogP contribution is -2.30. The van der Waals surface area contributed by atoms with Gasteiger partial charge in [-0.25, -0.2) is 0 Å². The standard InChI is InChI=1S/C36H31N3O5S2/c1-43-27-18-19-32(44-2)30(22-27)38-36(42)33(24-11-5-3-6-12-24)46-29-16-9-15-26(21-29)37-35(41)31(23-28-17-10-20-45-28)39-34(40)25-13-7-4-8-14-25/h3-23,33H,1-2H3,(H,37,41)(H,38,42)(H,39,40)/b31-23-. The van der Waals surface area contributed by atoms with Crippen molar-refractivity contribution in [3.8, 4) is 11.5 Å². The minimum Gasteiger partial charge on any atom is -0.497 e. The molecule has 3 N–H and O–H groups in total. The molecule has 46 heavy (non-hydrogen) atoms. The van der Waals surface area contributed by atoms with Crippen molar-refractivity contribution in [1.29, 1.82) is 0 Å². The summed E-state index contributed by atoms with van der Waals surface area (Å²) >= 11 is 2.78. The van der Waals surface area contributed by atoms with Crippen molar-refractivity contribution in [3.63, 3.8) is 0 Å². The number of amides is 3. The Morgan fingerprint density at radius 1 is 0.783 bits per heavy atom. The number of anilines is 2. The number of thioether (sulfide) groups is 1. The molecule has 1 aromatic heterocycles. The molecule has 0 aliphatic heterocycles. The Bertz CT molecular complexity index is 1830. The molecule has 1 heterocycles. The molecule has 10 heteroatoms. The average molecular weight is 650 g/mol. The number of hydrogen-bond acceptors (Lipinski definition) is 7. The van der Waals surface area contributed by atoms with E-state index < -0.39 is 17.1 Å². The lowest BCUT2D eigenvalue weighted by Gasteiger charge is -2.19. The molecule has 4 aromatic carbocycles. The van der Waals surface area contributed by atoms with Gasteiger partial charge in [0.2, 0.25) is 5.91 Å². The second-order valence-electron chi connectivity index (χ2n) is 9.84. The molecule has 0 saturated carbocycles. The normalized spacial score (nSPS) is 11.7. The van der Waals surface area contributed by atoms with E-state index in [2.05, 4.69) is 16.0 Å². The first-order chi connectivity index (χ1) is 22.4. The molecule has 3 amide bonds. The molecule has 0 saturated heterocycles. The molecule has 0 fully saturated rings. The van der Waals surface area contributed by atoms with E-state index in [0.29, 0.717) is 28.4 Å². The van der Waals surface area contributed by atoms with Crippen LogP contribution >= 0.6 is 23.1 Å². The van der Waals surface area contributed by atoms with Gasteiger partial charge in [0.05, 0.1) is 19.9 Å². The van der Waals surface area contributed by atoms with Crippen molar-refractivity contribution in [3.05, 3.63) is 142 Å². The van der Waals surface area contributed by atoms with Gasteiger partial charge in [0.1, 0.15) is 22.4 Å². The monoisotopic (exact) mass is 649 g/mol. The van der Waals surface area contributed by atoms with Crippen LogP contribution in [0.15, 0.2) is 131 Å². The number of carbonyl (C=O) groups excluding carboxylic acids is 3. The first-order valence-corrected chi connectivity index (χ1v) is 16.0. The van der Waals surface area contributed by atoms with Gasteiger partial charge < -0.3 is 25.4 Å². The average Bonchev–Trinajstić information content (AvgIpc) is 3.61. The number of hydrogen-bond donors (Lipinski definition) is 3. The predicted octanol–water partition coefficient (Wildman–Crippen LogP) is 7.65. The number of thiophene rings is 1. The highest BCUT2D eigenvalue weighted by Gasteiger charge is 2.24. The summed E-state index contributed by atoms with van der Waals surface area (Å²) in [6, 6.07) is 34.3.